The average Bonchev–Trinajstić information content (AvgIpc) is 2.28. The lowest BCUT2D eigenvalue weighted by molar-refractivity contribution is 0.818. The molecular weight excluding hydrogens is 206 g/mol. The molecule has 0 saturated carbocycles. The van der Waals surface area contributed by atoms with Crippen LogP contribution < -0.4 is 0 Å². The molecule has 0 bridgehead atoms. The summed E-state index contributed by atoms with van der Waals surface area (Å²) in [4.78, 5) is 0. The van der Waals surface area contributed by atoms with E-state index in [1.54, 1.807) is 11.8 Å². The molecule has 80 valence electrons. The highest BCUT2D eigenvalue weighted by Gasteiger charge is 2.13. The first-order valence-electron chi connectivity index (χ1n) is 5.19. The predicted molar refractivity (Wildman–Crippen MR) is 61.9 cm³/mol. The third-order valence-corrected chi connectivity index (χ3v) is 3.05. The summed E-state index contributed by atoms with van der Waals surface area (Å²) in [6, 6.07) is 2.25. The number of nitriles is 1. The van der Waals surface area contributed by atoms with Crippen LogP contribution >= 0.6 is 11.8 Å². The smallest absolute Gasteiger partial charge is 0.137 e. The molecule has 4 heteroatoms. The van der Waals surface area contributed by atoms with Crippen molar-refractivity contribution in [3.8, 4) is 6.07 Å². The molecule has 0 aliphatic heterocycles. The molecule has 0 amide bonds. The fourth-order valence-electron chi connectivity index (χ4n) is 1.51. The van der Waals surface area contributed by atoms with Crippen molar-refractivity contribution < 1.29 is 0 Å². The molecule has 15 heavy (non-hydrogen) atoms. The van der Waals surface area contributed by atoms with E-state index in [0.29, 0.717) is 0 Å². The second kappa shape index (κ2) is 5.72. The van der Waals surface area contributed by atoms with Gasteiger partial charge in [-0.2, -0.15) is 10.4 Å². The van der Waals surface area contributed by atoms with E-state index < -0.39 is 0 Å². The fraction of sp³-hybridized carbons (Fsp3) is 0.545. The summed E-state index contributed by atoms with van der Waals surface area (Å²) in [7, 11) is 0. The van der Waals surface area contributed by atoms with Gasteiger partial charge < -0.3 is 0 Å². The van der Waals surface area contributed by atoms with Gasteiger partial charge in [0.1, 0.15) is 11.1 Å². The minimum absolute atomic E-state index is 0.719. The van der Waals surface area contributed by atoms with Crippen molar-refractivity contribution in [2.75, 3.05) is 5.75 Å². The van der Waals surface area contributed by atoms with Crippen LogP contribution in [0.15, 0.2) is 5.03 Å². The largest absolute Gasteiger partial charge is 0.192 e. The van der Waals surface area contributed by atoms with Gasteiger partial charge in [-0.15, -0.1) is 16.9 Å². The lowest BCUT2D eigenvalue weighted by Gasteiger charge is -2.08. The van der Waals surface area contributed by atoms with Crippen LogP contribution in [0.25, 0.3) is 0 Å². The molecule has 1 aromatic heterocycles. The maximum Gasteiger partial charge on any atom is 0.137 e. The Morgan fingerprint density at radius 3 is 2.40 bits per heavy atom. The Morgan fingerprint density at radius 2 is 1.93 bits per heavy atom. The second-order valence-corrected chi connectivity index (χ2v) is 4.31. The molecular formula is C11H15N3S. The summed E-state index contributed by atoms with van der Waals surface area (Å²) in [6.45, 7) is 6.14. The first kappa shape index (κ1) is 12.0. The molecule has 1 aromatic rings. The van der Waals surface area contributed by atoms with Gasteiger partial charge in [-0.1, -0.05) is 20.8 Å². The zero-order chi connectivity index (χ0) is 11.3. The lowest BCUT2D eigenvalue weighted by Crippen LogP contribution is -2.04. The van der Waals surface area contributed by atoms with Crippen LogP contribution in [0.1, 0.15) is 37.6 Å². The molecule has 0 saturated heterocycles. The minimum Gasteiger partial charge on any atom is -0.192 e. The van der Waals surface area contributed by atoms with E-state index in [9.17, 15) is 0 Å². The van der Waals surface area contributed by atoms with Crippen LogP contribution in [-0.2, 0) is 12.8 Å². The second-order valence-electron chi connectivity index (χ2n) is 3.06. The van der Waals surface area contributed by atoms with Crippen molar-refractivity contribution in [1.82, 2.24) is 10.2 Å². The molecule has 0 spiro atoms. The van der Waals surface area contributed by atoms with E-state index in [0.717, 1.165) is 40.4 Å². The van der Waals surface area contributed by atoms with Gasteiger partial charge in [-0.3, -0.25) is 0 Å². The Labute approximate surface area is 94.9 Å². The van der Waals surface area contributed by atoms with Crippen molar-refractivity contribution in [1.29, 1.82) is 5.26 Å². The van der Waals surface area contributed by atoms with Gasteiger partial charge >= 0.3 is 0 Å². The van der Waals surface area contributed by atoms with Gasteiger partial charge in [-0.25, -0.2) is 0 Å². The van der Waals surface area contributed by atoms with E-state index >= 15 is 0 Å². The molecule has 1 heterocycles. The third kappa shape index (κ3) is 2.48. The maximum atomic E-state index is 9.15. The first-order chi connectivity index (χ1) is 7.28. The molecule has 1 rings (SSSR count). The van der Waals surface area contributed by atoms with Gasteiger partial charge in [0, 0.05) is 0 Å². The highest BCUT2D eigenvalue weighted by Crippen LogP contribution is 2.24. The Hall–Kier alpha value is -1.08. The van der Waals surface area contributed by atoms with E-state index in [1.807, 2.05) is 13.8 Å². The topological polar surface area (TPSA) is 49.6 Å². The summed E-state index contributed by atoms with van der Waals surface area (Å²) in [5.41, 5.74) is 2.73. The lowest BCUT2D eigenvalue weighted by atomic mass is 10.1. The minimum atomic E-state index is 0.719. The SMILES string of the molecule is CCSc1nnc(CC)c(CC)c1C#N. The summed E-state index contributed by atoms with van der Waals surface area (Å²) < 4.78 is 0. The Kier molecular flexibility index (Phi) is 4.57. The number of thioether (sulfide) groups is 1. The van der Waals surface area contributed by atoms with Crippen LogP contribution in [-0.4, -0.2) is 16.0 Å². The fourth-order valence-corrected chi connectivity index (χ4v) is 2.19. The Morgan fingerprint density at radius 1 is 1.20 bits per heavy atom. The standard InChI is InChI=1S/C11H15N3S/c1-4-8-9(7-12)11(15-6-3)14-13-10(8)5-2/h4-6H2,1-3H3. The number of aromatic nitrogens is 2. The van der Waals surface area contributed by atoms with Gasteiger partial charge in [0.15, 0.2) is 0 Å². The average molecular weight is 221 g/mol. The van der Waals surface area contributed by atoms with Crippen molar-refractivity contribution in [2.24, 2.45) is 0 Å². The van der Waals surface area contributed by atoms with E-state index in [-0.39, 0.29) is 0 Å². The van der Waals surface area contributed by atoms with Crippen LogP contribution in [0.3, 0.4) is 0 Å². The molecule has 0 aromatic carbocycles. The summed E-state index contributed by atoms with van der Waals surface area (Å²) in [5, 5.41) is 18.2. The summed E-state index contributed by atoms with van der Waals surface area (Å²) in [5.74, 6) is 0.915. The molecule has 0 atom stereocenters. The number of aryl methyl sites for hydroxylation is 1. The van der Waals surface area contributed by atoms with Crippen molar-refractivity contribution >= 4 is 11.8 Å². The highest BCUT2D eigenvalue weighted by atomic mass is 32.2. The molecule has 0 unspecified atom stereocenters. The van der Waals surface area contributed by atoms with Crippen LogP contribution in [0.4, 0.5) is 0 Å². The molecule has 0 radical (unpaired) electrons. The van der Waals surface area contributed by atoms with Gasteiger partial charge in [-0.05, 0) is 24.2 Å². The molecule has 0 aliphatic rings. The van der Waals surface area contributed by atoms with Crippen LogP contribution in [0.5, 0.6) is 0 Å². The number of nitrogens with zero attached hydrogens (tertiary/aromatic N) is 3. The Bertz CT molecular complexity index is 382. The van der Waals surface area contributed by atoms with Gasteiger partial charge in [0.25, 0.3) is 0 Å². The van der Waals surface area contributed by atoms with E-state index in [4.69, 9.17) is 5.26 Å². The number of rotatable bonds is 4. The zero-order valence-electron chi connectivity index (χ0n) is 9.37. The molecule has 0 aliphatic carbocycles. The van der Waals surface area contributed by atoms with Crippen molar-refractivity contribution in [2.45, 2.75) is 38.6 Å². The number of hydrogen-bond donors (Lipinski definition) is 0. The highest BCUT2D eigenvalue weighted by molar-refractivity contribution is 7.99. The Balaban J connectivity index is 3.29. The molecule has 0 fully saturated rings. The van der Waals surface area contributed by atoms with Gasteiger partial charge in [0.2, 0.25) is 0 Å². The van der Waals surface area contributed by atoms with E-state index in [2.05, 4.69) is 23.2 Å². The zero-order valence-corrected chi connectivity index (χ0v) is 10.2. The molecule has 0 N–H and O–H groups in total. The normalized spacial score (nSPS) is 10.0. The first-order valence-corrected chi connectivity index (χ1v) is 6.18. The van der Waals surface area contributed by atoms with Crippen molar-refractivity contribution in [3.05, 3.63) is 16.8 Å². The van der Waals surface area contributed by atoms with Gasteiger partial charge in [0.05, 0.1) is 11.3 Å². The third-order valence-electron chi connectivity index (χ3n) is 2.21. The van der Waals surface area contributed by atoms with E-state index in [1.165, 1.54) is 0 Å². The van der Waals surface area contributed by atoms with Crippen LogP contribution in [0.2, 0.25) is 0 Å². The summed E-state index contributed by atoms with van der Waals surface area (Å²) >= 11 is 1.58. The quantitative estimate of drug-likeness (QED) is 0.733. The maximum absolute atomic E-state index is 9.15. The van der Waals surface area contributed by atoms with Crippen LogP contribution in [0, 0.1) is 11.3 Å². The summed E-state index contributed by atoms with van der Waals surface area (Å²) in [6.07, 6.45) is 1.68. The molecule has 3 nitrogen and oxygen atoms in total. The predicted octanol–water partition coefficient (Wildman–Crippen LogP) is 2.59. The van der Waals surface area contributed by atoms with Crippen molar-refractivity contribution in [3.63, 3.8) is 0 Å². The number of hydrogen-bond acceptors (Lipinski definition) is 4. The monoisotopic (exact) mass is 221 g/mol.